The van der Waals surface area contributed by atoms with Crippen molar-refractivity contribution < 1.29 is 22.4 Å². The summed E-state index contributed by atoms with van der Waals surface area (Å²) in [5.41, 5.74) is 8.05. The van der Waals surface area contributed by atoms with Crippen molar-refractivity contribution in [1.29, 1.82) is 0 Å². The zero-order valence-corrected chi connectivity index (χ0v) is 23.1. The van der Waals surface area contributed by atoms with Crippen molar-refractivity contribution in [2.45, 2.75) is 79.1 Å². The van der Waals surface area contributed by atoms with Crippen LogP contribution in [-0.4, -0.2) is 0 Å². The fourth-order valence-corrected chi connectivity index (χ4v) is 4.14. The fourth-order valence-electron chi connectivity index (χ4n) is 4.14. The number of para-hydroxylation sites is 2. The van der Waals surface area contributed by atoms with Crippen LogP contribution in [0.4, 0.5) is 11.4 Å². The van der Waals surface area contributed by atoms with Gasteiger partial charge in [-0.2, -0.15) is 0 Å². The van der Waals surface area contributed by atoms with Gasteiger partial charge in [-0.3, -0.25) is 6.58 Å². The molecule has 0 spiro atoms. The van der Waals surface area contributed by atoms with Crippen molar-refractivity contribution in [3.63, 3.8) is 0 Å². The largest absolute Gasteiger partial charge is 1.00 e. The van der Waals surface area contributed by atoms with Crippen molar-refractivity contribution in [1.82, 2.24) is 0 Å². The molecule has 32 heavy (non-hydrogen) atoms. The molecule has 0 amide bonds. The zero-order chi connectivity index (χ0) is 23.3. The summed E-state index contributed by atoms with van der Waals surface area (Å²) in [6.45, 7) is 28.8. The van der Waals surface area contributed by atoms with Crippen LogP contribution in [0.3, 0.4) is 0 Å². The van der Waals surface area contributed by atoms with Gasteiger partial charge >= 0.3 is 22.4 Å². The fraction of sp³-hybridized carbons (Fsp3) is 0.414. The summed E-state index contributed by atoms with van der Waals surface area (Å²) in [5.74, 6) is 1.84. The molecule has 3 rings (SSSR count). The third-order valence-electron chi connectivity index (χ3n) is 5.75. The van der Waals surface area contributed by atoms with E-state index in [2.05, 4.69) is 134 Å². The molecular formula is C29H39AuN2. The van der Waals surface area contributed by atoms with Gasteiger partial charge in [0.2, 0.25) is 6.67 Å². The molecule has 2 aromatic carbocycles. The third kappa shape index (κ3) is 5.98. The molecule has 0 aromatic heterocycles. The molecule has 0 unspecified atom stereocenters. The average molecular weight is 613 g/mol. The molecular weight excluding hydrogens is 573 g/mol. The van der Waals surface area contributed by atoms with Gasteiger partial charge in [0.15, 0.2) is 0 Å². The van der Waals surface area contributed by atoms with E-state index in [1.807, 2.05) is 0 Å². The van der Waals surface area contributed by atoms with Gasteiger partial charge in [-0.15, -0.1) is 0 Å². The van der Waals surface area contributed by atoms with Crippen LogP contribution in [0, 0.1) is 13.2 Å². The van der Waals surface area contributed by atoms with E-state index in [1.165, 1.54) is 33.6 Å². The van der Waals surface area contributed by atoms with E-state index in [0.717, 1.165) is 0 Å². The molecule has 2 aromatic rings. The monoisotopic (exact) mass is 612 g/mol. The van der Waals surface area contributed by atoms with E-state index in [0.29, 0.717) is 23.7 Å². The molecule has 3 heteroatoms. The molecule has 2 radical (unpaired) electrons. The second-order valence-corrected chi connectivity index (χ2v) is 9.33. The van der Waals surface area contributed by atoms with Gasteiger partial charge in [0, 0.05) is 12.4 Å². The first kappa shape index (κ1) is 28.3. The second kappa shape index (κ2) is 12.5. The molecule has 0 bridgehead atoms. The summed E-state index contributed by atoms with van der Waals surface area (Å²) < 4.78 is 0. The van der Waals surface area contributed by atoms with Crippen LogP contribution in [0.15, 0.2) is 55.4 Å². The Labute approximate surface area is 212 Å². The molecule has 1 heterocycles. The predicted molar refractivity (Wildman–Crippen MR) is 137 cm³/mol. The van der Waals surface area contributed by atoms with Gasteiger partial charge in [0.25, 0.3) is 0 Å². The molecule has 0 saturated carbocycles. The summed E-state index contributed by atoms with van der Waals surface area (Å²) >= 11 is 0. The smallest absolute Gasteiger partial charge is 0.521 e. The minimum absolute atomic E-state index is 0. The van der Waals surface area contributed by atoms with Crippen LogP contribution in [0.5, 0.6) is 0 Å². The van der Waals surface area contributed by atoms with Crippen LogP contribution in [0.25, 0.3) is 0 Å². The van der Waals surface area contributed by atoms with Crippen molar-refractivity contribution in [3.8, 4) is 0 Å². The summed E-state index contributed by atoms with van der Waals surface area (Å²) in [6.07, 6.45) is 4.32. The first-order chi connectivity index (χ1) is 14.7. The SMILES string of the molecule is CC(C)c1cccc(C(C)C)c1N1[C]N(c2c(C(C)C)cccc2C(C)C)C=C1.[Au+].[CH-]=C. The first-order valence-electron chi connectivity index (χ1n) is 11.4. The number of hydrogen-bond acceptors (Lipinski definition) is 2. The Balaban J connectivity index is 0.00000166. The molecule has 176 valence electrons. The van der Waals surface area contributed by atoms with E-state index >= 15 is 0 Å². The van der Waals surface area contributed by atoms with Crippen molar-refractivity contribution in [3.05, 3.63) is 90.9 Å². The second-order valence-electron chi connectivity index (χ2n) is 9.33. The Kier molecular flexibility index (Phi) is 11.0. The van der Waals surface area contributed by atoms with Crippen molar-refractivity contribution in [2.75, 3.05) is 9.80 Å². The van der Waals surface area contributed by atoms with Crippen molar-refractivity contribution in [2.24, 2.45) is 0 Å². The van der Waals surface area contributed by atoms with Crippen LogP contribution < -0.4 is 9.80 Å². The molecule has 1 aliphatic rings. The van der Waals surface area contributed by atoms with Crippen LogP contribution in [0.1, 0.15) is 101 Å². The van der Waals surface area contributed by atoms with E-state index in [-0.39, 0.29) is 22.4 Å². The van der Waals surface area contributed by atoms with Gasteiger partial charge in [0.1, 0.15) is 0 Å². The van der Waals surface area contributed by atoms with Gasteiger partial charge < -0.3 is 16.4 Å². The Morgan fingerprint density at radius 3 is 1.06 bits per heavy atom. The Hall–Kier alpha value is -1.74. The molecule has 0 saturated heterocycles. The summed E-state index contributed by atoms with van der Waals surface area (Å²) in [5, 5.41) is 0. The van der Waals surface area contributed by atoms with E-state index < -0.39 is 0 Å². The number of nitrogens with zero attached hydrogens (tertiary/aromatic N) is 2. The molecule has 0 aliphatic carbocycles. The summed E-state index contributed by atoms with van der Waals surface area (Å²) in [4.78, 5) is 4.40. The molecule has 2 nitrogen and oxygen atoms in total. The Morgan fingerprint density at radius 2 is 0.844 bits per heavy atom. The Morgan fingerprint density at radius 1 is 0.594 bits per heavy atom. The standard InChI is InChI=1S/C27H36N2.C2H3.Au/c1-18(2)22-11-9-12-23(19(3)4)26(22)28-15-16-29(17-28)27-24(20(5)6)13-10-14-25(27)21(7)8;1-2;/h9-16,18-21H,1-8H3;1H,2H2;/q;-1;+1. The van der Waals surface area contributed by atoms with Crippen LogP contribution >= 0.6 is 0 Å². The average Bonchev–Trinajstić information content (AvgIpc) is 3.23. The topological polar surface area (TPSA) is 6.48 Å². The number of hydrogen-bond donors (Lipinski definition) is 0. The molecule has 0 fully saturated rings. The zero-order valence-electron chi connectivity index (χ0n) is 20.9. The van der Waals surface area contributed by atoms with Crippen molar-refractivity contribution >= 4 is 11.4 Å². The van der Waals surface area contributed by atoms with Gasteiger partial charge in [-0.1, -0.05) is 91.8 Å². The maximum atomic E-state index is 4.25. The minimum atomic E-state index is 0. The Bertz CT molecular complexity index is 772. The quantitative estimate of drug-likeness (QED) is 0.238. The van der Waals surface area contributed by atoms with E-state index in [9.17, 15) is 0 Å². The van der Waals surface area contributed by atoms with Gasteiger partial charge in [-0.05, 0) is 45.9 Å². The first-order valence-corrected chi connectivity index (χ1v) is 11.4. The molecule has 0 N–H and O–H groups in total. The number of benzene rings is 2. The summed E-state index contributed by atoms with van der Waals surface area (Å²) in [7, 11) is 0. The number of anilines is 2. The van der Waals surface area contributed by atoms with Crippen LogP contribution in [-0.2, 0) is 22.4 Å². The minimum Gasteiger partial charge on any atom is -0.521 e. The van der Waals surface area contributed by atoms with E-state index in [1.54, 1.807) is 0 Å². The predicted octanol–water partition coefficient (Wildman–Crippen LogP) is 8.58. The van der Waals surface area contributed by atoms with E-state index in [4.69, 9.17) is 0 Å². The molecule has 0 atom stereocenters. The maximum Gasteiger partial charge on any atom is 1.00 e. The summed E-state index contributed by atoms with van der Waals surface area (Å²) in [6, 6.07) is 13.4. The van der Waals surface area contributed by atoms with Gasteiger partial charge in [0.05, 0.1) is 11.4 Å². The van der Waals surface area contributed by atoms with Crippen LogP contribution in [0.2, 0.25) is 0 Å². The third-order valence-corrected chi connectivity index (χ3v) is 5.75. The number of rotatable bonds is 6. The van der Waals surface area contributed by atoms with Gasteiger partial charge in [-0.25, -0.2) is 0 Å². The molecule has 1 aliphatic heterocycles. The normalized spacial score (nSPS) is 13.1. The maximum absolute atomic E-state index is 4.25.